The molecule has 0 saturated heterocycles. The van der Waals surface area contributed by atoms with Crippen molar-refractivity contribution in [3.05, 3.63) is 97.7 Å². The van der Waals surface area contributed by atoms with Gasteiger partial charge in [-0.25, -0.2) is 18.4 Å². The van der Waals surface area contributed by atoms with Crippen LogP contribution in [0.2, 0.25) is 0 Å². The lowest BCUT2D eigenvalue weighted by molar-refractivity contribution is 0.119. The first-order chi connectivity index (χ1) is 13.9. The van der Waals surface area contributed by atoms with E-state index in [1.54, 1.807) is 30.3 Å². The Labute approximate surface area is 163 Å². The third-order valence-corrected chi connectivity index (χ3v) is 4.14. The van der Waals surface area contributed by atoms with E-state index in [0.29, 0.717) is 0 Å². The Kier molecular flexibility index (Phi) is 5.87. The summed E-state index contributed by atoms with van der Waals surface area (Å²) in [4.78, 5) is 39.2. The van der Waals surface area contributed by atoms with Crippen LogP contribution in [-0.4, -0.2) is 22.8 Å². The number of aromatic amines is 1. The minimum absolute atomic E-state index is 0.00350. The zero-order chi connectivity index (χ0) is 21.0. The third kappa shape index (κ3) is 4.57. The summed E-state index contributed by atoms with van der Waals surface area (Å²) in [5, 5.41) is 0. The largest absolute Gasteiger partial charge is 0.514 e. The lowest BCUT2D eigenvalue weighted by Crippen LogP contribution is -2.38. The van der Waals surface area contributed by atoms with Crippen molar-refractivity contribution in [3.8, 4) is 5.88 Å². The summed E-state index contributed by atoms with van der Waals surface area (Å²) in [6.45, 7) is -0.300. The van der Waals surface area contributed by atoms with Crippen LogP contribution >= 0.6 is 0 Å². The van der Waals surface area contributed by atoms with E-state index >= 15 is 0 Å². The van der Waals surface area contributed by atoms with Gasteiger partial charge in [-0.1, -0.05) is 36.4 Å². The van der Waals surface area contributed by atoms with Gasteiger partial charge in [0.1, 0.15) is 0 Å². The molecule has 9 heteroatoms. The minimum Gasteiger partial charge on any atom is -0.437 e. The van der Waals surface area contributed by atoms with E-state index in [0.717, 1.165) is 29.4 Å². The molecule has 3 rings (SSSR count). The first-order valence-electron chi connectivity index (χ1n) is 8.48. The number of rotatable bonds is 5. The zero-order valence-corrected chi connectivity index (χ0v) is 15.3. The summed E-state index contributed by atoms with van der Waals surface area (Å²) in [7, 11) is 1.08. The van der Waals surface area contributed by atoms with Crippen molar-refractivity contribution < 1.29 is 23.0 Å². The molecule has 1 aromatic heterocycles. The molecule has 1 N–H and O–H groups in total. The fourth-order valence-electron chi connectivity index (χ4n) is 2.72. The van der Waals surface area contributed by atoms with Crippen molar-refractivity contribution in [2.24, 2.45) is 0 Å². The van der Waals surface area contributed by atoms with Gasteiger partial charge >= 0.3 is 11.8 Å². The highest BCUT2D eigenvalue weighted by Crippen LogP contribution is 2.16. The van der Waals surface area contributed by atoms with Gasteiger partial charge in [-0.15, -0.1) is 0 Å². The molecular formula is C20H16F2N2O5. The number of nitrogens with one attached hydrogen (secondary N) is 1. The van der Waals surface area contributed by atoms with Crippen LogP contribution in [0.15, 0.2) is 58.1 Å². The van der Waals surface area contributed by atoms with Crippen molar-refractivity contribution in [1.29, 1.82) is 0 Å². The molecule has 1 heterocycles. The van der Waals surface area contributed by atoms with Crippen molar-refractivity contribution in [2.45, 2.75) is 13.0 Å². The smallest absolute Gasteiger partial charge is 0.437 e. The monoisotopic (exact) mass is 402 g/mol. The summed E-state index contributed by atoms with van der Waals surface area (Å²) in [6.07, 6.45) is -1.05. The van der Waals surface area contributed by atoms with Crippen LogP contribution in [0.1, 0.15) is 16.7 Å². The number of methoxy groups -OCH3 is 1. The SMILES string of the molecule is COC(=O)Oc1[nH]c(=O)n(Cc2ccc(F)c(F)c2)c(=O)c1Cc1ccccc1. The van der Waals surface area contributed by atoms with E-state index in [2.05, 4.69) is 9.72 Å². The standard InChI is InChI=1S/C20H16F2N2O5/c1-28-20(27)29-17-14(9-12-5-3-2-4-6-12)18(25)24(19(26)23-17)11-13-7-8-15(21)16(22)10-13/h2-8,10H,9,11H2,1H3,(H,23,26). The number of aromatic nitrogens is 2. The van der Waals surface area contributed by atoms with Crippen LogP contribution in [-0.2, 0) is 17.7 Å². The molecule has 29 heavy (non-hydrogen) atoms. The van der Waals surface area contributed by atoms with Crippen molar-refractivity contribution in [2.75, 3.05) is 7.11 Å². The van der Waals surface area contributed by atoms with Gasteiger partial charge in [0.2, 0.25) is 5.88 Å². The number of halogens is 2. The molecule has 150 valence electrons. The zero-order valence-electron chi connectivity index (χ0n) is 15.3. The van der Waals surface area contributed by atoms with Gasteiger partial charge in [0.05, 0.1) is 19.2 Å². The number of hydrogen-bond donors (Lipinski definition) is 1. The second-order valence-electron chi connectivity index (χ2n) is 6.10. The average Bonchev–Trinajstić information content (AvgIpc) is 2.71. The van der Waals surface area contributed by atoms with Crippen LogP contribution in [0.3, 0.4) is 0 Å². The van der Waals surface area contributed by atoms with Crippen molar-refractivity contribution in [1.82, 2.24) is 9.55 Å². The maximum atomic E-state index is 13.5. The Morgan fingerprint density at radius 2 is 1.76 bits per heavy atom. The first-order valence-corrected chi connectivity index (χ1v) is 8.48. The number of hydrogen-bond acceptors (Lipinski definition) is 5. The highest BCUT2D eigenvalue weighted by Gasteiger charge is 2.19. The maximum Gasteiger partial charge on any atom is 0.514 e. The summed E-state index contributed by atoms with van der Waals surface area (Å²) >= 11 is 0. The predicted molar refractivity (Wildman–Crippen MR) is 99.1 cm³/mol. The lowest BCUT2D eigenvalue weighted by atomic mass is 10.1. The first kappa shape index (κ1) is 20.0. The third-order valence-electron chi connectivity index (χ3n) is 4.14. The molecule has 0 atom stereocenters. The Morgan fingerprint density at radius 1 is 1.03 bits per heavy atom. The molecule has 0 fully saturated rings. The van der Waals surface area contributed by atoms with Gasteiger partial charge in [-0.2, -0.15) is 0 Å². The fourth-order valence-corrected chi connectivity index (χ4v) is 2.72. The van der Waals surface area contributed by atoms with E-state index in [-0.39, 0.29) is 30.0 Å². The van der Waals surface area contributed by atoms with E-state index in [1.807, 2.05) is 0 Å². The number of carbonyl (C=O) groups excluding carboxylic acids is 1. The minimum atomic E-state index is -1.10. The van der Waals surface area contributed by atoms with Crippen LogP contribution < -0.4 is 16.0 Å². The Balaban J connectivity index is 2.08. The number of carbonyl (C=O) groups is 1. The maximum absolute atomic E-state index is 13.5. The molecule has 2 aromatic carbocycles. The Bertz CT molecular complexity index is 1160. The van der Waals surface area contributed by atoms with Crippen LogP contribution in [0.5, 0.6) is 5.88 Å². The Hall–Kier alpha value is -3.75. The molecule has 0 amide bonds. The molecule has 0 aliphatic rings. The van der Waals surface area contributed by atoms with E-state index < -0.39 is 29.0 Å². The summed E-state index contributed by atoms with van der Waals surface area (Å²) in [5.74, 6) is -2.47. The quantitative estimate of drug-likeness (QED) is 0.663. The van der Waals surface area contributed by atoms with Crippen molar-refractivity contribution >= 4 is 6.16 Å². The molecule has 0 spiro atoms. The normalized spacial score (nSPS) is 10.6. The molecule has 3 aromatic rings. The second kappa shape index (κ2) is 8.51. The lowest BCUT2D eigenvalue weighted by Gasteiger charge is -2.12. The number of benzene rings is 2. The number of nitrogens with zero attached hydrogens (tertiary/aromatic N) is 1. The number of H-pyrrole nitrogens is 1. The second-order valence-corrected chi connectivity index (χ2v) is 6.10. The van der Waals surface area contributed by atoms with Crippen LogP contribution in [0, 0.1) is 11.6 Å². The highest BCUT2D eigenvalue weighted by molar-refractivity contribution is 5.63. The summed E-state index contributed by atoms with van der Waals surface area (Å²) < 4.78 is 36.8. The van der Waals surface area contributed by atoms with Crippen molar-refractivity contribution in [3.63, 3.8) is 0 Å². The van der Waals surface area contributed by atoms with Gasteiger partial charge < -0.3 is 9.47 Å². The van der Waals surface area contributed by atoms with E-state index in [4.69, 9.17) is 4.74 Å². The van der Waals surface area contributed by atoms with Gasteiger partial charge in [-0.05, 0) is 23.3 Å². The molecule has 0 saturated carbocycles. The van der Waals surface area contributed by atoms with Gasteiger partial charge in [0.25, 0.3) is 5.56 Å². The summed E-state index contributed by atoms with van der Waals surface area (Å²) in [5.41, 5.74) is -0.671. The van der Waals surface area contributed by atoms with Crippen LogP contribution in [0.25, 0.3) is 0 Å². The van der Waals surface area contributed by atoms with Crippen LogP contribution in [0.4, 0.5) is 13.6 Å². The number of ether oxygens (including phenoxy) is 2. The van der Waals surface area contributed by atoms with Gasteiger partial charge in [0.15, 0.2) is 11.6 Å². The molecule has 7 nitrogen and oxygen atoms in total. The van der Waals surface area contributed by atoms with E-state index in [1.165, 1.54) is 6.07 Å². The van der Waals surface area contributed by atoms with E-state index in [9.17, 15) is 23.2 Å². The summed E-state index contributed by atoms with van der Waals surface area (Å²) in [6, 6.07) is 11.9. The Morgan fingerprint density at radius 3 is 2.41 bits per heavy atom. The predicted octanol–water partition coefficient (Wildman–Crippen LogP) is 2.60. The van der Waals surface area contributed by atoms with Gasteiger partial charge in [-0.3, -0.25) is 14.3 Å². The molecule has 0 aliphatic carbocycles. The molecule has 0 radical (unpaired) electrons. The molecule has 0 unspecified atom stereocenters. The topological polar surface area (TPSA) is 90.4 Å². The molecule has 0 aliphatic heterocycles. The highest BCUT2D eigenvalue weighted by atomic mass is 19.2. The molecule has 0 bridgehead atoms. The average molecular weight is 402 g/mol. The van der Waals surface area contributed by atoms with Gasteiger partial charge in [0, 0.05) is 6.42 Å². The molecular weight excluding hydrogens is 386 g/mol. The fraction of sp³-hybridized carbons (Fsp3) is 0.150.